The van der Waals surface area contributed by atoms with Gasteiger partial charge in [0.05, 0.1) is 0 Å². The van der Waals surface area contributed by atoms with Crippen molar-refractivity contribution in [2.75, 3.05) is 12.4 Å². The van der Waals surface area contributed by atoms with E-state index in [2.05, 4.69) is 11.9 Å². The maximum absolute atomic E-state index is 12.7. The van der Waals surface area contributed by atoms with Crippen molar-refractivity contribution in [3.8, 4) is 5.75 Å². The van der Waals surface area contributed by atoms with Crippen LogP contribution in [-0.2, 0) is 0 Å². The van der Waals surface area contributed by atoms with Gasteiger partial charge in [0.15, 0.2) is 0 Å². The molecule has 0 aliphatic heterocycles. The molecule has 0 heterocycles. The Hall–Kier alpha value is -1.51. The highest BCUT2D eigenvalue weighted by Gasteiger charge is 2.05. The molecule has 0 atom stereocenters. The van der Waals surface area contributed by atoms with Gasteiger partial charge in [0.1, 0.15) is 11.6 Å². The highest BCUT2D eigenvalue weighted by molar-refractivity contribution is 5.70. The number of hydrogen-bond acceptors (Lipinski definition) is 2. The lowest BCUT2D eigenvalue weighted by atomic mass is 10.1. The predicted molar refractivity (Wildman–Crippen MR) is 47.7 cm³/mol. The van der Waals surface area contributed by atoms with E-state index in [0.717, 1.165) is 6.07 Å². The van der Waals surface area contributed by atoms with Gasteiger partial charge in [-0.15, -0.1) is 0 Å². The summed E-state index contributed by atoms with van der Waals surface area (Å²) in [5.74, 6) is -0.572. The number of benzene rings is 1. The van der Waals surface area contributed by atoms with Gasteiger partial charge in [-0.3, -0.25) is 0 Å². The number of nitrogens with one attached hydrogen (secondary N) is 1. The molecule has 1 aromatic rings. The van der Waals surface area contributed by atoms with Gasteiger partial charge in [0.2, 0.25) is 0 Å². The van der Waals surface area contributed by atoms with Crippen molar-refractivity contribution in [2.45, 2.75) is 0 Å². The third-order valence-electron chi connectivity index (χ3n) is 1.60. The largest absolute Gasteiger partial charge is 0.507 e. The van der Waals surface area contributed by atoms with Crippen molar-refractivity contribution in [1.29, 1.82) is 0 Å². The topological polar surface area (TPSA) is 32.3 Å². The molecule has 0 bridgehead atoms. The van der Waals surface area contributed by atoms with Crippen LogP contribution in [0.4, 0.5) is 10.1 Å². The van der Waals surface area contributed by atoms with Crippen molar-refractivity contribution in [1.82, 2.24) is 0 Å². The van der Waals surface area contributed by atoms with Crippen molar-refractivity contribution < 1.29 is 9.50 Å². The summed E-state index contributed by atoms with van der Waals surface area (Å²) in [6, 6.07) is 2.36. The maximum Gasteiger partial charge on any atom is 0.128 e. The van der Waals surface area contributed by atoms with Crippen LogP contribution in [0.5, 0.6) is 5.75 Å². The number of phenolic OH excluding ortho intramolecular Hbond substituents is 1. The fourth-order valence-electron chi connectivity index (χ4n) is 1.03. The summed E-state index contributed by atoms with van der Waals surface area (Å²) < 4.78 is 12.7. The van der Waals surface area contributed by atoms with E-state index >= 15 is 0 Å². The van der Waals surface area contributed by atoms with Crippen LogP contribution < -0.4 is 5.32 Å². The zero-order valence-corrected chi connectivity index (χ0v) is 6.76. The molecule has 64 valence electrons. The van der Waals surface area contributed by atoms with Crippen LogP contribution in [0.2, 0.25) is 0 Å². The molecule has 1 aromatic carbocycles. The highest BCUT2D eigenvalue weighted by atomic mass is 19.1. The number of phenols is 1. The van der Waals surface area contributed by atoms with Crippen molar-refractivity contribution >= 4 is 11.8 Å². The first-order valence-electron chi connectivity index (χ1n) is 3.51. The van der Waals surface area contributed by atoms with E-state index in [4.69, 9.17) is 0 Å². The third kappa shape index (κ3) is 1.39. The summed E-state index contributed by atoms with van der Waals surface area (Å²) in [4.78, 5) is 0. The predicted octanol–water partition coefficient (Wildman–Crippen LogP) is 2.22. The molecule has 3 heteroatoms. The van der Waals surface area contributed by atoms with Gasteiger partial charge in [0, 0.05) is 24.4 Å². The van der Waals surface area contributed by atoms with Gasteiger partial charge in [-0.2, -0.15) is 0 Å². The molecule has 0 fully saturated rings. The summed E-state index contributed by atoms with van der Waals surface area (Å²) in [6.07, 6.45) is 1.47. The first-order valence-corrected chi connectivity index (χ1v) is 3.51. The molecule has 0 saturated heterocycles. The van der Waals surface area contributed by atoms with Crippen molar-refractivity contribution in [2.24, 2.45) is 0 Å². The molecule has 0 amide bonds. The lowest BCUT2D eigenvalue weighted by Crippen LogP contribution is -1.92. The van der Waals surface area contributed by atoms with Crippen LogP contribution in [0.15, 0.2) is 18.7 Å². The van der Waals surface area contributed by atoms with E-state index in [1.54, 1.807) is 7.05 Å². The number of aromatic hydroxyl groups is 1. The van der Waals surface area contributed by atoms with E-state index in [9.17, 15) is 9.50 Å². The van der Waals surface area contributed by atoms with Crippen LogP contribution in [0.1, 0.15) is 5.56 Å². The quantitative estimate of drug-likeness (QED) is 0.707. The molecule has 1 rings (SSSR count). The smallest absolute Gasteiger partial charge is 0.128 e. The molecule has 0 unspecified atom stereocenters. The van der Waals surface area contributed by atoms with E-state index in [-0.39, 0.29) is 5.75 Å². The average Bonchev–Trinajstić information content (AvgIpc) is 2.03. The number of anilines is 1. The molecule has 0 aromatic heterocycles. The van der Waals surface area contributed by atoms with Gasteiger partial charge in [-0.25, -0.2) is 4.39 Å². The summed E-state index contributed by atoms with van der Waals surface area (Å²) in [5, 5.41) is 12.0. The molecule has 0 spiro atoms. The SMILES string of the molecule is C=Cc1c(O)cc(F)cc1NC. The fraction of sp³-hybridized carbons (Fsp3) is 0.111. The average molecular weight is 167 g/mol. The van der Waals surface area contributed by atoms with Crippen LogP contribution in [0.3, 0.4) is 0 Å². The normalized spacial score (nSPS) is 9.50. The van der Waals surface area contributed by atoms with Crippen LogP contribution in [-0.4, -0.2) is 12.2 Å². The lowest BCUT2D eigenvalue weighted by molar-refractivity contribution is 0.468. The Labute approximate surface area is 70.3 Å². The van der Waals surface area contributed by atoms with Crippen LogP contribution in [0, 0.1) is 5.82 Å². The molecular formula is C9H10FNO. The molecule has 0 radical (unpaired) electrons. The van der Waals surface area contributed by atoms with Gasteiger partial charge in [-0.05, 0) is 6.07 Å². The summed E-state index contributed by atoms with van der Waals surface area (Å²) in [7, 11) is 1.65. The minimum absolute atomic E-state index is 0.102. The number of hydrogen-bond donors (Lipinski definition) is 2. The van der Waals surface area contributed by atoms with E-state index in [0.29, 0.717) is 11.3 Å². The van der Waals surface area contributed by atoms with Gasteiger partial charge < -0.3 is 10.4 Å². The Morgan fingerprint density at radius 3 is 2.75 bits per heavy atom. The molecule has 0 aliphatic carbocycles. The molecule has 2 N–H and O–H groups in total. The van der Waals surface area contributed by atoms with Gasteiger partial charge in [0.25, 0.3) is 0 Å². The van der Waals surface area contributed by atoms with Crippen molar-refractivity contribution in [3.05, 3.63) is 30.1 Å². The zero-order chi connectivity index (χ0) is 9.14. The fourth-order valence-corrected chi connectivity index (χ4v) is 1.03. The summed E-state index contributed by atoms with van der Waals surface area (Å²) in [5.41, 5.74) is 1.04. The Kier molecular flexibility index (Phi) is 2.33. The molecule has 12 heavy (non-hydrogen) atoms. The molecule has 2 nitrogen and oxygen atoms in total. The zero-order valence-electron chi connectivity index (χ0n) is 6.76. The minimum Gasteiger partial charge on any atom is -0.507 e. The standard InChI is InChI=1S/C9H10FNO/c1-3-7-8(11-2)4-6(10)5-9(7)12/h3-5,11-12H,1H2,2H3. The molecule has 0 aliphatic rings. The van der Waals surface area contributed by atoms with Gasteiger partial charge in [-0.1, -0.05) is 12.7 Å². The second-order valence-corrected chi connectivity index (χ2v) is 2.34. The van der Waals surface area contributed by atoms with E-state index in [1.165, 1.54) is 12.1 Å². The monoisotopic (exact) mass is 167 g/mol. The van der Waals surface area contributed by atoms with Crippen LogP contribution >= 0.6 is 0 Å². The highest BCUT2D eigenvalue weighted by Crippen LogP contribution is 2.27. The minimum atomic E-state index is -0.470. The molecular weight excluding hydrogens is 157 g/mol. The van der Waals surface area contributed by atoms with Gasteiger partial charge >= 0.3 is 0 Å². The first kappa shape index (κ1) is 8.59. The summed E-state index contributed by atoms with van der Waals surface area (Å²) in [6.45, 7) is 3.51. The van der Waals surface area contributed by atoms with Crippen LogP contribution in [0.25, 0.3) is 6.08 Å². The first-order chi connectivity index (χ1) is 5.69. The second-order valence-electron chi connectivity index (χ2n) is 2.34. The lowest BCUT2D eigenvalue weighted by Gasteiger charge is -2.06. The Bertz CT molecular complexity index is 310. The Balaban J connectivity index is 3.33. The number of halogens is 1. The number of rotatable bonds is 2. The van der Waals surface area contributed by atoms with E-state index in [1.807, 2.05) is 0 Å². The van der Waals surface area contributed by atoms with Crippen molar-refractivity contribution in [3.63, 3.8) is 0 Å². The molecule has 0 saturated carbocycles. The Morgan fingerprint density at radius 1 is 1.58 bits per heavy atom. The maximum atomic E-state index is 12.7. The van der Waals surface area contributed by atoms with E-state index < -0.39 is 5.82 Å². The third-order valence-corrected chi connectivity index (χ3v) is 1.60. The Morgan fingerprint density at radius 2 is 2.25 bits per heavy atom. The summed E-state index contributed by atoms with van der Waals surface area (Å²) >= 11 is 0. The second kappa shape index (κ2) is 3.26.